The molecule has 0 atom stereocenters. The predicted molar refractivity (Wildman–Crippen MR) is 190 cm³/mol. The van der Waals surface area contributed by atoms with Gasteiger partial charge in [-0.2, -0.15) is 5.10 Å². The third-order valence-corrected chi connectivity index (χ3v) is 8.96. The molecule has 1 aliphatic rings. The lowest BCUT2D eigenvalue weighted by Crippen LogP contribution is -2.42. The molecule has 1 fully saturated rings. The molecule has 12 heteroatoms. The molecule has 2 N–H and O–H groups in total. The summed E-state index contributed by atoms with van der Waals surface area (Å²) >= 11 is 0. The van der Waals surface area contributed by atoms with Crippen LogP contribution in [0.2, 0.25) is 0 Å². The van der Waals surface area contributed by atoms with Gasteiger partial charge in [0.1, 0.15) is 17.6 Å². The van der Waals surface area contributed by atoms with Gasteiger partial charge in [-0.1, -0.05) is 78.9 Å². The van der Waals surface area contributed by atoms with E-state index in [1.807, 2.05) is 29.1 Å². The maximum absolute atomic E-state index is 12.9. The number of aromatic nitrogens is 2. The topological polar surface area (TPSA) is 103 Å². The molecule has 9 nitrogen and oxygen atoms in total. The molecule has 1 saturated heterocycles. The van der Waals surface area contributed by atoms with E-state index in [0.717, 1.165) is 30.8 Å². The highest BCUT2D eigenvalue weighted by molar-refractivity contribution is 5.97. The molecule has 6 rings (SSSR count). The number of nitrogens with two attached hydrogens (primary N) is 1. The number of alkyl halides is 3. The Morgan fingerprint density at radius 2 is 1.46 bits per heavy atom. The number of rotatable bonds is 14. The van der Waals surface area contributed by atoms with Gasteiger partial charge in [-0.3, -0.25) is 19.2 Å². The van der Waals surface area contributed by atoms with E-state index in [0.29, 0.717) is 43.8 Å². The fourth-order valence-electron chi connectivity index (χ4n) is 6.28. The number of piperidine rings is 1. The lowest BCUT2D eigenvalue weighted by molar-refractivity contribution is -0.274. The van der Waals surface area contributed by atoms with Crippen LogP contribution in [0.15, 0.2) is 116 Å². The number of ether oxygens (including phenoxy) is 2. The number of hydrogen-bond acceptors (Lipinski definition) is 6. The third-order valence-electron chi connectivity index (χ3n) is 8.96. The number of nitrogens with zero attached hydrogens (tertiary/aromatic N) is 4. The summed E-state index contributed by atoms with van der Waals surface area (Å²) in [7, 11) is 0. The van der Waals surface area contributed by atoms with Crippen LogP contribution in [-0.4, -0.2) is 63.5 Å². The summed E-state index contributed by atoms with van der Waals surface area (Å²) in [6, 6.07) is 31.4. The van der Waals surface area contributed by atoms with Gasteiger partial charge >= 0.3 is 6.36 Å². The van der Waals surface area contributed by atoms with Crippen LogP contribution in [0.3, 0.4) is 0 Å². The van der Waals surface area contributed by atoms with Crippen molar-refractivity contribution in [2.75, 3.05) is 19.6 Å². The number of carbonyl (C=O) groups is 2. The van der Waals surface area contributed by atoms with Crippen molar-refractivity contribution in [1.29, 1.82) is 0 Å². The van der Waals surface area contributed by atoms with Gasteiger partial charge in [0, 0.05) is 57.3 Å². The van der Waals surface area contributed by atoms with Gasteiger partial charge in [-0.05, 0) is 46.5 Å². The Morgan fingerprint density at radius 3 is 2.06 bits per heavy atom. The second-order valence-corrected chi connectivity index (χ2v) is 12.8. The first-order chi connectivity index (χ1) is 25.1. The Balaban J connectivity index is 1.03. The van der Waals surface area contributed by atoms with Gasteiger partial charge < -0.3 is 20.1 Å². The van der Waals surface area contributed by atoms with Gasteiger partial charge in [0.15, 0.2) is 0 Å². The molecule has 4 aromatic carbocycles. The van der Waals surface area contributed by atoms with Gasteiger partial charge in [-0.25, -0.2) is 0 Å². The van der Waals surface area contributed by atoms with E-state index in [9.17, 15) is 22.8 Å². The predicted octanol–water partition coefficient (Wildman–Crippen LogP) is 6.86. The summed E-state index contributed by atoms with van der Waals surface area (Å²) in [5, 5.41) is 4.60. The van der Waals surface area contributed by atoms with Crippen molar-refractivity contribution >= 4 is 11.8 Å². The van der Waals surface area contributed by atoms with E-state index in [2.05, 4.69) is 63.3 Å². The summed E-state index contributed by atoms with van der Waals surface area (Å²) in [5.74, 6) is -0.699. The van der Waals surface area contributed by atoms with Gasteiger partial charge in [-0.15, -0.1) is 13.2 Å². The Bertz CT molecular complexity index is 1890. The van der Waals surface area contributed by atoms with Gasteiger partial charge in [0.25, 0.3) is 5.91 Å². The van der Waals surface area contributed by atoms with Crippen LogP contribution in [0.1, 0.15) is 39.9 Å². The van der Waals surface area contributed by atoms with E-state index in [1.54, 1.807) is 23.2 Å². The second-order valence-electron chi connectivity index (χ2n) is 12.8. The van der Waals surface area contributed by atoms with Crippen molar-refractivity contribution in [2.24, 2.45) is 5.73 Å². The lowest BCUT2D eigenvalue weighted by Gasteiger charge is -2.32. The van der Waals surface area contributed by atoms with Crippen LogP contribution < -0.4 is 15.2 Å². The largest absolute Gasteiger partial charge is 0.573 e. The zero-order valence-corrected chi connectivity index (χ0v) is 28.5. The highest BCUT2D eigenvalue weighted by Crippen LogP contribution is 2.29. The summed E-state index contributed by atoms with van der Waals surface area (Å²) < 4.78 is 49.3. The van der Waals surface area contributed by atoms with Gasteiger partial charge in [0.05, 0.1) is 24.7 Å². The smallest absolute Gasteiger partial charge is 0.489 e. The van der Waals surface area contributed by atoms with E-state index in [1.165, 1.54) is 35.4 Å². The van der Waals surface area contributed by atoms with Crippen molar-refractivity contribution in [3.8, 4) is 22.6 Å². The molecule has 1 aromatic heterocycles. The molecule has 2 heterocycles. The number of hydrogen-bond donors (Lipinski definition) is 1. The van der Waals surface area contributed by atoms with Crippen molar-refractivity contribution in [3.63, 3.8) is 0 Å². The second kappa shape index (κ2) is 16.6. The minimum atomic E-state index is -4.77. The molecule has 0 radical (unpaired) electrons. The summed E-state index contributed by atoms with van der Waals surface area (Å²) in [6.45, 7) is 3.96. The van der Waals surface area contributed by atoms with Crippen molar-refractivity contribution < 1.29 is 32.2 Å². The first-order valence-corrected chi connectivity index (χ1v) is 17.1. The van der Waals surface area contributed by atoms with Crippen LogP contribution in [0.5, 0.6) is 11.5 Å². The fraction of sp³-hybridized carbons (Fsp3) is 0.275. The monoisotopic (exact) mass is 711 g/mol. The van der Waals surface area contributed by atoms with Crippen LogP contribution in [0, 0.1) is 0 Å². The summed E-state index contributed by atoms with van der Waals surface area (Å²) in [5.41, 5.74) is 10.8. The lowest BCUT2D eigenvalue weighted by atomic mass is 10.0. The zero-order chi connectivity index (χ0) is 36.5. The molecule has 52 heavy (non-hydrogen) atoms. The highest BCUT2D eigenvalue weighted by Gasteiger charge is 2.31. The average Bonchev–Trinajstić information content (AvgIpc) is 3.61. The first kappa shape index (κ1) is 36.2. The van der Waals surface area contributed by atoms with Crippen LogP contribution in [0.4, 0.5) is 13.2 Å². The molecule has 1 aliphatic heterocycles. The van der Waals surface area contributed by atoms with E-state index in [-0.39, 0.29) is 29.7 Å². The van der Waals surface area contributed by atoms with Crippen LogP contribution in [0.25, 0.3) is 11.1 Å². The molecule has 5 aromatic rings. The maximum atomic E-state index is 12.9. The van der Waals surface area contributed by atoms with E-state index < -0.39 is 12.3 Å². The van der Waals surface area contributed by atoms with Crippen LogP contribution in [-0.2, 0) is 30.8 Å². The molecule has 270 valence electrons. The molecular weight excluding hydrogens is 671 g/mol. The normalized spacial score (nSPS) is 13.7. The molecule has 0 saturated carbocycles. The summed E-state index contributed by atoms with van der Waals surface area (Å²) in [6.07, 6.45) is -0.127. The number of likely N-dealkylation sites (tertiary alicyclic amines) is 1. The van der Waals surface area contributed by atoms with E-state index in [4.69, 9.17) is 10.5 Å². The maximum Gasteiger partial charge on any atom is 0.573 e. The zero-order valence-electron chi connectivity index (χ0n) is 28.5. The SMILES string of the molecule is NC(=O)c1cc(-c2cnn(CCN(Cc3ccccc3)Cc3ccccc3)c2)ccc1OC1CCN(C(=O)Cc2ccc(OC(F)(F)F)cc2)CC1. The molecule has 0 aliphatic carbocycles. The number of halogens is 3. The Morgan fingerprint density at radius 1 is 0.827 bits per heavy atom. The van der Waals surface area contributed by atoms with Gasteiger partial charge in [0.2, 0.25) is 5.91 Å². The summed E-state index contributed by atoms with van der Waals surface area (Å²) in [4.78, 5) is 29.5. The molecule has 0 spiro atoms. The van der Waals surface area contributed by atoms with Crippen molar-refractivity contribution in [2.45, 2.75) is 51.4 Å². The molecule has 0 bridgehead atoms. The quantitative estimate of drug-likeness (QED) is 0.135. The van der Waals surface area contributed by atoms with Crippen molar-refractivity contribution in [1.82, 2.24) is 19.6 Å². The number of benzene rings is 4. The number of amides is 2. The van der Waals surface area contributed by atoms with Crippen molar-refractivity contribution in [3.05, 3.63) is 138 Å². The minimum Gasteiger partial charge on any atom is -0.489 e. The molecular formula is C40H40F3N5O4. The fourth-order valence-corrected chi connectivity index (χ4v) is 6.28. The molecule has 0 unspecified atom stereocenters. The Labute approximate surface area is 300 Å². The Kier molecular flexibility index (Phi) is 11.5. The first-order valence-electron chi connectivity index (χ1n) is 17.1. The number of primary amides is 1. The highest BCUT2D eigenvalue weighted by atomic mass is 19.4. The molecule has 2 amide bonds. The number of carbonyl (C=O) groups excluding carboxylic acids is 2. The van der Waals surface area contributed by atoms with Crippen LogP contribution >= 0.6 is 0 Å². The standard InChI is InChI=1S/C40H40F3N5O4/c41-40(42,43)52-35-14-11-29(12-15-35)23-38(49)47-19-17-34(18-20-47)51-37-16-13-32(24-36(37)39(44)50)33-25-45-48(28-33)22-21-46(26-30-7-3-1-4-8-30)27-31-9-5-2-6-10-31/h1-16,24-25,28,34H,17-23,26-27H2,(H2,44,50). The minimum absolute atomic E-state index is 0.0569. The third kappa shape index (κ3) is 10.2. The average molecular weight is 712 g/mol. The van der Waals surface area contributed by atoms with E-state index >= 15 is 0 Å². The Hall–Kier alpha value is -5.62.